The van der Waals surface area contributed by atoms with Crippen LogP contribution in [0.15, 0.2) is 18.2 Å². The van der Waals surface area contributed by atoms with E-state index < -0.39 is 6.09 Å². The lowest BCUT2D eigenvalue weighted by Crippen LogP contribution is -2.27. The van der Waals surface area contributed by atoms with E-state index in [-0.39, 0.29) is 12.5 Å². The van der Waals surface area contributed by atoms with Gasteiger partial charge in [-0.2, -0.15) is 0 Å². The van der Waals surface area contributed by atoms with E-state index in [9.17, 15) is 9.59 Å². The molecule has 0 bridgehead atoms. The molecule has 0 aromatic heterocycles. The zero-order valence-corrected chi connectivity index (χ0v) is 10.4. The molecule has 1 aliphatic rings. The van der Waals surface area contributed by atoms with Crippen molar-refractivity contribution in [1.29, 1.82) is 0 Å². The highest BCUT2D eigenvalue weighted by atomic mass is 35.5. The number of nitrogens with one attached hydrogen (secondary N) is 1. The zero-order valence-electron chi connectivity index (χ0n) is 9.65. The van der Waals surface area contributed by atoms with Gasteiger partial charge < -0.3 is 15.3 Å². The fraction of sp³-hybridized carbons (Fsp3) is 0.333. The molecule has 96 valence electrons. The lowest BCUT2D eigenvalue weighted by atomic mass is 10.1. The Labute approximate surface area is 109 Å². The quantitative estimate of drug-likeness (QED) is 0.883. The van der Waals surface area contributed by atoms with Gasteiger partial charge in [0, 0.05) is 30.2 Å². The Morgan fingerprint density at radius 2 is 2.28 bits per heavy atom. The van der Waals surface area contributed by atoms with Gasteiger partial charge in [-0.3, -0.25) is 4.79 Å². The third-order valence-electron chi connectivity index (χ3n) is 2.84. The molecular formula is C12H13ClN2O3. The Hall–Kier alpha value is -1.75. The van der Waals surface area contributed by atoms with Crippen molar-refractivity contribution in [2.45, 2.75) is 19.4 Å². The fourth-order valence-electron chi connectivity index (χ4n) is 2.03. The molecule has 0 radical (unpaired) electrons. The first-order valence-corrected chi connectivity index (χ1v) is 6.01. The van der Waals surface area contributed by atoms with Gasteiger partial charge >= 0.3 is 6.09 Å². The third-order valence-corrected chi connectivity index (χ3v) is 3.07. The number of amides is 2. The number of nitrogens with zero attached hydrogens (tertiary/aromatic N) is 1. The number of carbonyl (C=O) groups is 2. The standard InChI is InChI=1S/C12H13ClN2O3/c13-9-3-4-10(15-5-1-2-11(15)16)8(6-9)7-14-12(17)18/h3-4,6,14H,1-2,5,7H2,(H,17,18). The second-order valence-electron chi connectivity index (χ2n) is 4.08. The Kier molecular flexibility index (Phi) is 3.72. The molecule has 1 aromatic carbocycles. The number of carboxylic acid groups (broad SMARTS) is 1. The summed E-state index contributed by atoms with van der Waals surface area (Å²) in [5.41, 5.74) is 1.44. The van der Waals surface area contributed by atoms with E-state index in [1.165, 1.54) is 0 Å². The summed E-state index contributed by atoms with van der Waals surface area (Å²) in [7, 11) is 0. The van der Waals surface area contributed by atoms with E-state index in [1.807, 2.05) is 0 Å². The normalized spacial score (nSPS) is 14.9. The summed E-state index contributed by atoms with van der Waals surface area (Å²) in [6.07, 6.45) is 0.260. The SMILES string of the molecule is O=C(O)NCc1cc(Cl)ccc1N1CCCC1=O. The number of rotatable bonds is 3. The number of hydrogen-bond donors (Lipinski definition) is 2. The average Bonchev–Trinajstić information content (AvgIpc) is 2.73. The van der Waals surface area contributed by atoms with Crippen LogP contribution in [0.5, 0.6) is 0 Å². The molecule has 18 heavy (non-hydrogen) atoms. The average molecular weight is 269 g/mol. The van der Waals surface area contributed by atoms with Crippen molar-refractivity contribution in [3.05, 3.63) is 28.8 Å². The topological polar surface area (TPSA) is 69.6 Å². The molecule has 1 fully saturated rings. The minimum atomic E-state index is -1.10. The van der Waals surface area contributed by atoms with Gasteiger partial charge in [0.05, 0.1) is 0 Å². The van der Waals surface area contributed by atoms with Crippen molar-refractivity contribution in [3.63, 3.8) is 0 Å². The van der Waals surface area contributed by atoms with E-state index in [1.54, 1.807) is 23.1 Å². The molecule has 0 aliphatic carbocycles. The second-order valence-corrected chi connectivity index (χ2v) is 4.52. The molecule has 0 unspecified atom stereocenters. The molecular weight excluding hydrogens is 256 g/mol. The summed E-state index contributed by atoms with van der Waals surface area (Å²) in [5, 5.41) is 11.4. The van der Waals surface area contributed by atoms with Crippen molar-refractivity contribution in [2.24, 2.45) is 0 Å². The number of hydrogen-bond acceptors (Lipinski definition) is 2. The smallest absolute Gasteiger partial charge is 0.404 e. The highest BCUT2D eigenvalue weighted by Gasteiger charge is 2.23. The van der Waals surface area contributed by atoms with Crippen molar-refractivity contribution >= 4 is 29.3 Å². The minimum Gasteiger partial charge on any atom is -0.465 e. The molecule has 2 rings (SSSR count). The molecule has 2 N–H and O–H groups in total. The monoisotopic (exact) mass is 268 g/mol. The number of carbonyl (C=O) groups excluding carboxylic acids is 1. The zero-order chi connectivity index (χ0) is 13.1. The molecule has 1 saturated heterocycles. The number of benzene rings is 1. The van der Waals surface area contributed by atoms with Gasteiger partial charge in [-0.15, -0.1) is 0 Å². The molecule has 1 aromatic rings. The predicted octanol–water partition coefficient (Wildman–Crippen LogP) is 2.23. The Bertz CT molecular complexity index is 490. The van der Waals surface area contributed by atoms with Gasteiger partial charge in [0.1, 0.15) is 0 Å². The van der Waals surface area contributed by atoms with Crippen LogP contribution in [-0.2, 0) is 11.3 Å². The molecule has 2 amide bonds. The second kappa shape index (κ2) is 5.27. The molecule has 0 atom stereocenters. The van der Waals surface area contributed by atoms with Crippen LogP contribution in [0.25, 0.3) is 0 Å². The maximum absolute atomic E-state index is 11.7. The van der Waals surface area contributed by atoms with E-state index in [0.29, 0.717) is 23.6 Å². The lowest BCUT2D eigenvalue weighted by molar-refractivity contribution is -0.117. The summed E-state index contributed by atoms with van der Waals surface area (Å²) in [6, 6.07) is 5.13. The largest absolute Gasteiger partial charge is 0.465 e. The Balaban J connectivity index is 2.27. The van der Waals surface area contributed by atoms with Crippen LogP contribution in [0.4, 0.5) is 10.5 Å². The van der Waals surface area contributed by atoms with E-state index in [0.717, 1.165) is 12.1 Å². The molecule has 6 heteroatoms. The summed E-state index contributed by atoms with van der Waals surface area (Å²) in [5.74, 6) is 0.0638. The first kappa shape index (κ1) is 12.7. The summed E-state index contributed by atoms with van der Waals surface area (Å²) in [6.45, 7) is 0.801. The van der Waals surface area contributed by atoms with Crippen LogP contribution < -0.4 is 10.2 Å². The molecule has 5 nitrogen and oxygen atoms in total. The van der Waals surface area contributed by atoms with Crippen LogP contribution in [0.1, 0.15) is 18.4 Å². The van der Waals surface area contributed by atoms with Gasteiger partial charge in [-0.1, -0.05) is 11.6 Å². The molecule has 0 spiro atoms. The van der Waals surface area contributed by atoms with Crippen LogP contribution in [-0.4, -0.2) is 23.7 Å². The Morgan fingerprint density at radius 3 is 2.89 bits per heavy atom. The van der Waals surface area contributed by atoms with Gasteiger partial charge in [-0.25, -0.2) is 4.79 Å². The number of halogens is 1. The molecule has 1 aliphatic heterocycles. The van der Waals surface area contributed by atoms with Crippen molar-refractivity contribution in [1.82, 2.24) is 5.32 Å². The highest BCUT2D eigenvalue weighted by Crippen LogP contribution is 2.28. The van der Waals surface area contributed by atoms with Crippen molar-refractivity contribution < 1.29 is 14.7 Å². The van der Waals surface area contributed by atoms with Gasteiger partial charge in [0.25, 0.3) is 0 Å². The van der Waals surface area contributed by atoms with E-state index in [4.69, 9.17) is 16.7 Å². The summed E-state index contributed by atoms with van der Waals surface area (Å²) >= 11 is 5.90. The van der Waals surface area contributed by atoms with E-state index in [2.05, 4.69) is 5.32 Å². The summed E-state index contributed by atoms with van der Waals surface area (Å²) < 4.78 is 0. The first-order valence-electron chi connectivity index (χ1n) is 5.63. The first-order chi connectivity index (χ1) is 8.58. The molecule has 0 saturated carbocycles. The summed E-state index contributed by atoms with van der Waals surface area (Å²) in [4.78, 5) is 23.9. The Morgan fingerprint density at radius 1 is 1.50 bits per heavy atom. The maximum Gasteiger partial charge on any atom is 0.404 e. The van der Waals surface area contributed by atoms with Gasteiger partial charge in [0.15, 0.2) is 0 Å². The minimum absolute atomic E-state index is 0.0638. The van der Waals surface area contributed by atoms with Crippen LogP contribution in [0, 0.1) is 0 Å². The highest BCUT2D eigenvalue weighted by molar-refractivity contribution is 6.30. The van der Waals surface area contributed by atoms with Crippen molar-refractivity contribution in [2.75, 3.05) is 11.4 Å². The van der Waals surface area contributed by atoms with Crippen LogP contribution in [0.3, 0.4) is 0 Å². The maximum atomic E-state index is 11.7. The van der Waals surface area contributed by atoms with Crippen LogP contribution in [0.2, 0.25) is 5.02 Å². The van der Waals surface area contributed by atoms with Crippen molar-refractivity contribution in [3.8, 4) is 0 Å². The molecule has 1 heterocycles. The lowest BCUT2D eigenvalue weighted by Gasteiger charge is -2.20. The van der Waals surface area contributed by atoms with E-state index >= 15 is 0 Å². The van der Waals surface area contributed by atoms with Gasteiger partial charge in [0.2, 0.25) is 5.91 Å². The fourth-order valence-corrected chi connectivity index (χ4v) is 2.23. The van der Waals surface area contributed by atoms with Gasteiger partial charge in [-0.05, 0) is 30.2 Å². The van der Waals surface area contributed by atoms with Crippen LogP contribution >= 0.6 is 11.6 Å². The third kappa shape index (κ3) is 2.73. The predicted molar refractivity (Wildman–Crippen MR) is 67.9 cm³/mol. The number of anilines is 1.